The Morgan fingerprint density at radius 1 is 1.03 bits per heavy atom. The monoisotopic (exact) mass is 633 g/mol. The highest BCUT2D eigenvalue weighted by Crippen LogP contribution is 2.27. The van der Waals surface area contributed by atoms with Crippen molar-refractivity contribution in [3.05, 3.63) is 93.4 Å². The third-order valence-corrected chi connectivity index (χ3v) is 8.93. The summed E-state index contributed by atoms with van der Waals surface area (Å²) in [7, 11) is -4.12. The molecule has 0 saturated heterocycles. The number of nitrogens with one attached hydrogen (secondary N) is 1. The van der Waals surface area contributed by atoms with Gasteiger partial charge in [0.1, 0.15) is 12.6 Å². The standard InChI is InChI=1S/C29H33BrClN3O4S/c1-4-5-17-32-29(36)22(3)33(19-23-9-6-7-12-27(23)31)28(35)20-34(25-11-8-10-24(30)18-25)39(37,38)26-15-13-21(2)14-16-26/h6-16,18,22H,4-5,17,19-20H2,1-3H3,(H,32,36)/t22-/m1/s1. The lowest BCUT2D eigenvalue weighted by Gasteiger charge is -2.32. The normalized spacial score (nSPS) is 12.0. The predicted octanol–water partition coefficient (Wildman–Crippen LogP) is 5.94. The van der Waals surface area contributed by atoms with E-state index in [4.69, 9.17) is 11.6 Å². The van der Waals surface area contributed by atoms with E-state index in [9.17, 15) is 18.0 Å². The van der Waals surface area contributed by atoms with Gasteiger partial charge in [0.15, 0.2) is 0 Å². The number of benzene rings is 3. The molecule has 0 aliphatic carbocycles. The summed E-state index contributed by atoms with van der Waals surface area (Å²) in [6, 6.07) is 19.4. The minimum absolute atomic E-state index is 0.0395. The molecule has 39 heavy (non-hydrogen) atoms. The first-order valence-corrected chi connectivity index (χ1v) is 15.3. The maximum absolute atomic E-state index is 13.9. The van der Waals surface area contributed by atoms with E-state index in [1.807, 2.05) is 13.8 Å². The van der Waals surface area contributed by atoms with Gasteiger partial charge in [-0.1, -0.05) is 82.8 Å². The average Bonchev–Trinajstić information content (AvgIpc) is 2.91. The topological polar surface area (TPSA) is 86.8 Å². The second kappa shape index (κ2) is 14.0. The van der Waals surface area contributed by atoms with Crippen LogP contribution in [0.15, 0.2) is 82.2 Å². The van der Waals surface area contributed by atoms with Gasteiger partial charge in [-0.3, -0.25) is 13.9 Å². The van der Waals surface area contributed by atoms with Crippen LogP contribution in [0.5, 0.6) is 0 Å². The summed E-state index contributed by atoms with van der Waals surface area (Å²) in [5, 5.41) is 3.32. The molecule has 0 bridgehead atoms. The van der Waals surface area contributed by atoms with Crippen molar-refractivity contribution >= 4 is 55.1 Å². The quantitative estimate of drug-likeness (QED) is 0.250. The Balaban J connectivity index is 2.01. The highest BCUT2D eigenvalue weighted by molar-refractivity contribution is 9.10. The van der Waals surface area contributed by atoms with Crippen LogP contribution in [0.2, 0.25) is 5.02 Å². The van der Waals surface area contributed by atoms with Gasteiger partial charge in [-0.25, -0.2) is 8.42 Å². The highest BCUT2D eigenvalue weighted by atomic mass is 79.9. The molecule has 3 rings (SSSR count). The fourth-order valence-electron chi connectivity index (χ4n) is 3.93. The van der Waals surface area contributed by atoms with Crippen LogP contribution < -0.4 is 9.62 Å². The molecule has 208 valence electrons. The Labute approximate surface area is 244 Å². The van der Waals surface area contributed by atoms with Crippen molar-refractivity contribution in [3.8, 4) is 0 Å². The van der Waals surface area contributed by atoms with E-state index in [1.54, 1.807) is 67.6 Å². The first kappa shape index (κ1) is 30.7. The number of carbonyl (C=O) groups is 2. The molecule has 0 heterocycles. The number of nitrogens with zero attached hydrogens (tertiary/aromatic N) is 2. The van der Waals surface area contributed by atoms with Crippen molar-refractivity contribution in [1.82, 2.24) is 10.2 Å². The summed E-state index contributed by atoms with van der Waals surface area (Å²) in [5.74, 6) is -0.858. The SMILES string of the molecule is CCCCNC(=O)[C@@H](C)N(Cc1ccccc1Cl)C(=O)CN(c1cccc(Br)c1)S(=O)(=O)c1ccc(C)cc1. The van der Waals surface area contributed by atoms with Crippen molar-refractivity contribution in [3.63, 3.8) is 0 Å². The van der Waals surface area contributed by atoms with Crippen molar-refractivity contribution < 1.29 is 18.0 Å². The van der Waals surface area contributed by atoms with Gasteiger partial charge in [0.25, 0.3) is 10.0 Å². The van der Waals surface area contributed by atoms with Crippen LogP contribution in [0.1, 0.15) is 37.8 Å². The van der Waals surface area contributed by atoms with Gasteiger partial charge < -0.3 is 10.2 Å². The zero-order valence-electron chi connectivity index (χ0n) is 22.2. The average molecular weight is 635 g/mol. The van der Waals surface area contributed by atoms with Gasteiger partial charge in [0.05, 0.1) is 10.6 Å². The minimum atomic E-state index is -4.12. The second-order valence-corrected chi connectivity index (χ2v) is 12.4. The van der Waals surface area contributed by atoms with Gasteiger partial charge >= 0.3 is 0 Å². The van der Waals surface area contributed by atoms with Gasteiger partial charge in [0.2, 0.25) is 11.8 Å². The molecule has 0 saturated carbocycles. The number of halogens is 2. The van der Waals surface area contributed by atoms with Gasteiger partial charge in [-0.2, -0.15) is 0 Å². The molecule has 10 heteroatoms. The lowest BCUT2D eigenvalue weighted by molar-refractivity contribution is -0.139. The number of hydrogen-bond acceptors (Lipinski definition) is 4. The van der Waals surface area contributed by atoms with Crippen molar-refractivity contribution in [2.75, 3.05) is 17.4 Å². The van der Waals surface area contributed by atoms with E-state index < -0.39 is 28.5 Å². The molecular weight excluding hydrogens is 602 g/mol. The van der Waals surface area contributed by atoms with Gasteiger partial charge in [0, 0.05) is 22.6 Å². The Bertz CT molecular complexity index is 1400. The van der Waals surface area contributed by atoms with Crippen LogP contribution in [0, 0.1) is 6.92 Å². The van der Waals surface area contributed by atoms with E-state index in [0.717, 1.165) is 22.7 Å². The van der Waals surface area contributed by atoms with Crippen LogP contribution in [0.4, 0.5) is 5.69 Å². The number of hydrogen-bond donors (Lipinski definition) is 1. The van der Waals surface area contributed by atoms with Crippen molar-refractivity contribution in [2.24, 2.45) is 0 Å². The molecule has 3 aromatic carbocycles. The summed E-state index contributed by atoms with van der Waals surface area (Å²) >= 11 is 9.79. The molecule has 0 spiro atoms. The maximum atomic E-state index is 13.9. The number of unbranched alkanes of at least 4 members (excludes halogenated alkanes) is 1. The third kappa shape index (κ3) is 8.06. The fraction of sp³-hybridized carbons (Fsp3) is 0.310. The molecule has 2 amide bonds. The van der Waals surface area contributed by atoms with Crippen LogP contribution in [-0.2, 0) is 26.2 Å². The number of aryl methyl sites for hydroxylation is 1. The molecule has 0 aliphatic heterocycles. The fourth-order valence-corrected chi connectivity index (χ4v) is 5.91. The maximum Gasteiger partial charge on any atom is 0.264 e. The summed E-state index contributed by atoms with van der Waals surface area (Å²) in [6.45, 7) is 5.54. The lowest BCUT2D eigenvalue weighted by Crippen LogP contribution is -2.51. The van der Waals surface area contributed by atoms with E-state index in [0.29, 0.717) is 27.3 Å². The van der Waals surface area contributed by atoms with E-state index >= 15 is 0 Å². The van der Waals surface area contributed by atoms with Crippen molar-refractivity contribution in [1.29, 1.82) is 0 Å². The van der Waals surface area contributed by atoms with Crippen molar-refractivity contribution in [2.45, 2.75) is 51.1 Å². The number of sulfonamides is 1. The predicted molar refractivity (Wildman–Crippen MR) is 159 cm³/mol. The summed E-state index contributed by atoms with van der Waals surface area (Å²) < 4.78 is 29.4. The van der Waals surface area contributed by atoms with Gasteiger partial charge in [-0.05, 0) is 62.2 Å². The summed E-state index contributed by atoms with van der Waals surface area (Å²) in [4.78, 5) is 28.4. The number of carbonyl (C=O) groups excluding carboxylic acids is 2. The highest BCUT2D eigenvalue weighted by Gasteiger charge is 2.32. The van der Waals surface area contributed by atoms with Crippen LogP contribution in [-0.4, -0.2) is 44.3 Å². The Kier molecular flexibility index (Phi) is 11.0. The largest absolute Gasteiger partial charge is 0.354 e. The molecule has 0 radical (unpaired) electrons. The first-order chi connectivity index (χ1) is 18.5. The van der Waals surface area contributed by atoms with E-state index in [-0.39, 0.29) is 17.3 Å². The number of amides is 2. The summed E-state index contributed by atoms with van der Waals surface area (Å²) in [6.07, 6.45) is 1.72. The minimum Gasteiger partial charge on any atom is -0.354 e. The van der Waals surface area contributed by atoms with E-state index in [1.165, 1.54) is 17.0 Å². The molecule has 0 fully saturated rings. The zero-order valence-corrected chi connectivity index (χ0v) is 25.4. The molecule has 0 unspecified atom stereocenters. The zero-order chi connectivity index (χ0) is 28.6. The number of anilines is 1. The molecule has 3 aromatic rings. The molecule has 7 nitrogen and oxygen atoms in total. The first-order valence-electron chi connectivity index (χ1n) is 12.7. The molecule has 0 aliphatic rings. The molecular formula is C29H33BrClN3O4S. The summed E-state index contributed by atoms with van der Waals surface area (Å²) in [5.41, 5.74) is 1.88. The number of rotatable bonds is 12. The Hall–Kier alpha value is -2.88. The molecule has 1 atom stereocenters. The van der Waals surface area contributed by atoms with Gasteiger partial charge in [-0.15, -0.1) is 0 Å². The Morgan fingerprint density at radius 3 is 2.36 bits per heavy atom. The van der Waals surface area contributed by atoms with E-state index in [2.05, 4.69) is 21.2 Å². The second-order valence-electron chi connectivity index (χ2n) is 9.24. The van der Waals surface area contributed by atoms with Crippen LogP contribution in [0.3, 0.4) is 0 Å². The van der Waals surface area contributed by atoms with Crippen LogP contribution in [0.25, 0.3) is 0 Å². The lowest BCUT2D eigenvalue weighted by atomic mass is 10.1. The van der Waals surface area contributed by atoms with Crippen LogP contribution >= 0.6 is 27.5 Å². The smallest absolute Gasteiger partial charge is 0.264 e. The molecule has 1 N–H and O–H groups in total. The molecule has 0 aromatic heterocycles. The third-order valence-electron chi connectivity index (χ3n) is 6.28. The Morgan fingerprint density at radius 2 is 1.72 bits per heavy atom.